The number of carbonyl (C=O) groups is 1. The van der Waals surface area contributed by atoms with E-state index in [-0.39, 0.29) is 11.3 Å². The molecule has 0 aliphatic rings. The third-order valence-corrected chi connectivity index (χ3v) is 2.84. The molecule has 3 N–H and O–H groups in total. The number of amides is 1. The first-order chi connectivity index (χ1) is 10.1. The molecule has 0 atom stereocenters. The smallest absolute Gasteiger partial charge is 0.282 e. The lowest BCUT2D eigenvalue weighted by molar-refractivity contribution is -0.385. The fourth-order valence-electron chi connectivity index (χ4n) is 1.77. The second-order valence-electron chi connectivity index (χ2n) is 4.18. The van der Waals surface area contributed by atoms with E-state index < -0.39 is 10.8 Å². The largest absolute Gasteiger partial charge is 0.388 e. The maximum atomic E-state index is 12.1. The third kappa shape index (κ3) is 3.53. The SMILES string of the molecule is CNc1ccc([N+](=O)[O-])c(C(=O)NCCc2ncn[nH]2)c1. The number of hydrogen-bond donors (Lipinski definition) is 3. The molecule has 9 nitrogen and oxygen atoms in total. The van der Waals surface area contributed by atoms with Crippen LogP contribution in [-0.4, -0.2) is 39.6 Å². The van der Waals surface area contributed by atoms with E-state index in [0.717, 1.165) is 0 Å². The van der Waals surface area contributed by atoms with Crippen LogP contribution in [0.3, 0.4) is 0 Å². The molecule has 2 aromatic rings. The van der Waals surface area contributed by atoms with Gasteiger partial charge in [0.05, 0.1) is 4.92 Å². The Morgan fingerprint density at radius 2 is 2.29 bits per heavy atom. The normalized spacial score (nSPS) is 10.1. The summed E-state index contributed by atoms with van der Waals surface area (Å²) in [5.41, 5.74) is 0.413. The zero-order valence-corrected chi connectivity index (χ0v) is 11.3. The molecule has 0 bridgehead atoms. The number of nitrogens with zero attached hydrogens (tertiary/aromatic N) is 3. The minimum absolute atomic E-state index is 0.0180. The fraction of sp³-hybridized carbons (Fsp3) is 0.250. The molecule has 0 radical (unpaired) electrons. The lowest BCUT2D eigenvalue weighted by Gasteiger charge is -2.07. The number of nitrogens with one attached hydrogen (secondary N) is 3. The predicted molar refractivity (Wildman–Crippen MR) is 75.1 cm³/mol. The van der Waals surface area contributed by atoms with Gasteiger partial charge in [-0.15, -0.1) is 0 Å². The molecular weight excluding hydrogens is 276 g/mol. The van der Waals surface area contributed by atoms with Gasteiger partial charge in [0.25, 0.3) is 11.6 Å². The van der Waals surface area contributed by atoms with Gasteiger partial charge in [-0.1, -0.05) is 0 Å². The molecule has 1 amide bonds. The van der Waals surface area contributed by atoms with Crippen LogP contribution in [0.15, 0.2) is 24.5 Å². The summed E-state index contributed by atoms with van der Waals surface area (Å²) in [5.74, 6) is 0.132. The number of rotatable bonds is 6. The molecule has 0 fully saturated rings. The highest BCUT2D eigenvalue weighted by atomic mass is 16.6. The van der Waals surface area contributed by atoms with Gasteiger partial charge in [-0.05, 0) is 12.1 Å². The Hall–Kier alpha value is -2.97. The second-order valence-corrected chi connectivity index (χ2v) is 4.18. The highest BCUT2D eigenvalue weighted by Crippen LogP contribution is 2.22. The number of anilines is 1. The molecule has 0 saturated carbocycles. The van der Waals surface area contributed by atoms with Crippen molar-refractivity contribution in [3.05, 3.63) is 46.0 Å². The van der Waals surface area contributed by atoms with Crippen molar-refractivity contribution >= 4 is 17.3 Å². The summed E-state index contributed by atoms with van der Waals surface area (Å²) in [7, 11) is 1.67. The number of aromatic amines is 1. The van der Waals surface area contributed by atoms with E-state index in [2.05, 4.69) is 25.8 Å². The van der Waals surface area contributed by atoms with Crippen molar-refractivity contribution < 1.29 is 9.72 Å². The molecule has 9 heteroatoms. The highest BCUT2D eigenvalue weighted by Gasteiger charge is 2.20. The number of nitro benzene ring substituents is 1. The first-order valence-electron chi connectivity index (χ1n) is 6.20. The first kappa shape index (κ1) is 14.4. The van der Waals surface area contributed by atoms with Gasteiger partial charge >= 0.3 is 0 Å². The van der Waals surface area contributed by atoms with Crippen LogP contribution < -0.4 is 10.6 Å². The summed E-state index contributed by atoms with van der Waals surface area (Å²) in [6.07, 6.45) is 1.84. The summed E-state index contributed by atoms with van der Waals surface area (Å²) in [5, 5.41) is 22.8. The number of aromatic nitrogens is 3. The number of H-pyrrole nitrogens is 1. The summed E-state index contributed by atoms with van der Waals surface area (Å²) >= 11 is 0. The van der Waals surface area contributed by atoms with Crippen molar-refractivity contribution in [3.8, 4) is 0 Å². The molecule has 0 aliphatic carbocycles. The van der Waals surface area contributed by atoms with Crippen molar-refractivity contribution in [1.82, 2.24) is 20.5 Å². The minimum atomic E-state index is -0.579. The van der Waals surface area contributed by atoms with Gasteiger partial charge in [0.15, 0.2) is 0 Å². The Kier molecular flexibility index (Phi) is 4.44. The summed E-state index contributed by atoms with van der Waals surface area (Å²) < 4.78 is 0. The van der Waals surface area contributed by atoms with Gasteiger partial charge in [-0.25, -0.2) is 4.98 Å². The highest BCUT2D eigenvalue weighted by molar-refractivity contribution is 5.99. The quantitative estimate of drug-likeness (QED) is 0.531. The molecule has 0 aliphatic heterocycles. The van der Waals surface area contributed by atoms with Crippen LogP contribution in [0, 0.1) is 10.1 Å². The Morgan fingerprint density at radius 3 is 2.90 bits per heavy atom. The molecule has 0 saturated heterocycles. The molecule has 0 spiro atoms. The number of nitro groups is 1. The molecule has 2 rings (SSSR count). The van der Waals surface area contributed by atoms with Crippen molar-refractivity contribution in [3.63, 3.8) is 0 Å². The Morgan fingerprint density at radius 1 is 1.48 bits per heavy atom. The topological polar surface area (TPSA) is 126 Å². The van der Waals surface area contributed by atoms with Crippen LogP contribution in [0.2, 0.25) is 0 Å². The Bertz CT molecular complexity index is 640. The molecule has 1 heterocycles. The average Bonchev–Trinajstić information content (AvgIpc) is 2.99. The van der Waals surface area contributed by atoms with Crippen LogP contribution in [0.25, 0.3) is 0 Å². The molecule has 0 unspecified atom stereocenters. The van der Waals surface area contributed by atoms with Gasteiger partial charge in [-0.3, -0.25) is 20.0 Å². The van der Waals surface area contributed by atoms with E-state index in [1.165, 1.54) is 18.5 Å². The average molecular weight is 290 g/mol. The maximum Gasteiger partial charge on any atom is 0.282 e. The molecular formula is C12H14N6O3. The Labute approximate surface area is 119 Å². The number of benzene rings is 1. The van der Waals surface area contributed by atoms with Crippen LogP contribution >= 0.6 is 0 Å². The molecule has 21 heavy (non-hydrogen) atoms. The zero-order valence-electron chi connectivity index (χ0n) is 11.3. The van der Waals surface area contributed by atoms with Crippen molar-refractivity contribution in [1.29, 1.82) is 0 Å². The van der Waals surface area contributed by atoms with Gasteiger partial charge in [0, 0.05) is 31.8 Å². The molecule has 110 valence electrons. The van der Waals surface area contributed by atoms with E-state index in [1.54, 1.807) is 13.1 Å². The van der Waals surface area contributed by atoms with E-state index in [0.29, 0.717) is 24.5 Å². The van der Waals surface area contributed by atoms with Gasteiger partial charge in [-0.2, -0.15) is 5.10 Å². The van der Waals surface area contributed by atoms with Crippen molar-refractivity contribution in [2.45, 2.75) is 6.42 Å². The predicted octanol–water partition coefficient (Wildman–Crippen LogP) is 0.727. The van der Waals surface area contributed by atoms with Crippen LogP contribution in [0.1, 0.15) is 16.2 Å². The molecule has 1 aromatic carbocycles. The maximum absolute atomic E-state index is 12.1. The van der Waals surface area contributed by atoms with Gasteiger partial charge < -0.3 is 10.6 Å². The summed E-state index contributed by atoms with van der Waals surface area (Å²) in [6, 6.07) is 4.29. The van der Waals surface area contributed by atoms with Gasteiger partial charge in [0.1, 0.15) is 17.7 Å². The van der Waals surface area contributed by atoms with Crippen molar-refractivity contribution in [2.75, 3.05) is 18.9 Å². The van der Waals surface area contributed by atoms with Crippen LogP contribution in [-0.2, 0) is 6.42 Å². The van der Waals surface area contributed by atoms with Crippen LogP contribution in [0.4, 0.5) is 11.4 Å². The standard InChI is InChI=1S/C12H14N6O3/c1-13-8-2-3-10(18(20)21)9(6-8)12(19)14-5-4-11-15-7-16-17-11/h2-3,6-7,13H,4-5H2,1H3,(H,14,19)(H,15,16,17). The van der Waals surface area contributed by atoms with E-state index in [4.69, 9.17) is 0 Å². The zero-order chi connectivity index (χ0) is 15.2. The number of carbonyl (C=O) groups excluding carboxylic acids is 1. The monoisotopic (exact) mass is 290 g/mol. The fourth-order valence-corrected chi connectivity index (χ4v) is 1.77. The van der Waals surface area contributed by atoms with Crippen molar-refractivity contribution in [2.24, 2.45) is 0 Å². The lowest BCUT2D eigenvalue weighted by Crippen LogP contribution is -2.26. The second kappa shape index (κ2) is 6.46. The third-order valence-electron chi connectivity index (χ3n) is 2.84. The Balaban J connectivity index is 2.08. The lowest BCUT2D eigenvalue weighted by atomic mass is 10.1. The minimum Gasteiger partial charge on any atom is -0.388 e. The van der Waals surface area contributed by atoms with E-state index >= 15 is 0 Å². The van der Waals surface area contributed by atoms with E-state index in [9.17, 15) is 14.9 Å². The van der Waals surface area contributed by atoms with Crippen LogP contribution in [0.5, 0.6) is 0 Å². The first-order valence-corrected chi connectivity index (χ1v) is 6.20. The van der Waals surface area contributed by atoms with E-state index in [1.807, 2.05) is 0 Å². The molecule has 1 aromatic heterocycles. The van der Waals surface area contributed by atoms with Gasteiger partial charge in [0.2, 0.25) is 0 Å². The number of hydrogen-bond acceptors (Lipinski definition) is 6. The summed E-state index contributed by atoms with van der Waals surface area (Å²) in [4.78, 5) is 26.4. The summed E-state index contributed by atoms with van der Waals surface area (Å²) in [6.45, 7) is 0.301.